The minimum absolute atomic E-state index is 0.0342. The number of hydrogen-bond acceptors (Lipinski definition) is 4. The fourth-order valence-corrected chi connectivity index (χ4v) is 2.96. The van der Waals surface area contributed by atoms with Crippen molar-refractivity contribution in [1.82, 2.24) is 0 Å². The normalized spacial score (nSPS) is 22.5. The summed E-state index contributed by atoms with van der Waals surface area (Å²) in [6.07, 6.45) is 5.61. The zero-order chi connectivity index (χ0) is 14.7. The predicted octanol–water partition coefficient (Wildman–Crippen LogP) is 2.59. The van der Waals surface area contributed by atoms with Crippen molar-refractivity contribution >= 4 is 17.6 Å². The number of nitrogens with two attached hydrogens (primary N) is 1. The summed E-state index contributed by atoms with van der Waals surface area (Å²) in [5.41, 5.74) is 7.40. The highest BCUT2D eigenvalue weighted by Crippen LogP contribution is 2.26. The number of amides is 1. The first-order valence-electron chi connectivity index (χ1n) is 7.59. The van der Waals surface area contributed by atoms with Gasteiger partial charge in [0.25, 0.3) is 6.02 Å². The Morgan fingerprint density at radius 1 is 1.19 bits per heavy atom. The molecule has 1 amide bonds. The summed E-state index contributed by atoms with van der Waals surface area (Å²) in [4.78, 5) is 16.4. The van der Waals surface area contributed by atoms with Gasteiger partial charge in [0.15, 0.2) is 0 Å². The number of hydrogen-bond donors (Lipinski definition) is 2. The Hall–Kier alpha value is -2.04. The van der Waals surface area contributed by atoms with E-state index >= 15 is 0 Å². The number of rotatable bonds is 3. The van der Waals surface area contributed by atoms with Gasteiger partial charge in [0.1, 0.15) is 12.6 Å². The number of aliphatic imine (C=N–C) groups is 1. The van der Waals surface area contributed by atoms with E-state index in [1.165, 1.54) is 6.42 Å². The van der Waals surface area contributed by atoms with Crippen LogP contribution in [0, 0.1) is 5.92 Å². The van der Waals surface area contributed by atoms with Gasteiger partial charge in [-0.1, -0.05) is 31.4 Å². The number of nitrogens with one attached hydrogen (secondary N) is 1. The number of amidine groups is 1. The highest BCUT2D eigenvalue weighted by atomic mass is 16.5. The molecular formula is C16H21N3O2. The molecule has 3 N–H and O–H groups in total. The molecule has 3 rings (SSSR count). The molecule has 5 nitrogen and oxygen atoms in total. The van der Waals surface area contributed by atoms with Crippen LogP contribution in [0.25, 0.3) is 0 Å². The first-order chi connectivity index (χ1) is 10.2. The Labute approximate surface area is 124 Å². The van der Waals surface area contributed by atoms with Gasteiger partial charge in [0.2, 0.25) is 5.91 Å². The number of anilines is 1. The molecule has 1 fully saturated rings. The Morgan fingerprint density at radius 2 is 1.90 bits per heavy atom. The lowest BCUT2D eigenvalue weighted by Gasteiger charge is -2.20. The SMILES string of the molecule is NC1=N[C@@H](c2ccc(NC(=O)C3CCCCC3)cc2)CO1. The van der Waals surface area contributed by atoms with E-state index in [2.05, 4.69) is 10.3 Å². The Bertz CT molecular complexity index is 533. The average Bonchev–Trinajstić information content (AvgIpc) is 2.95. The van der Waals surface area contributed by atoms with E-state index < -0.39 is 0 Å². The van der Waals surface area contributed by atoms with E-state index in [9.17, 15) is 4.79 Å². The van der Waals surface area contributed by atoms with Crippen LogP contribution in [0.1, 0.15) is 43.7 Å². The van der Waals surface area contributed by atoms with Gasteiger partial charge in [-0.3, -0.25) is 4.79 Å². The number of carbonyl (C=O) groups excluding carboxylic acids is 1. The zero-order valence-corrected chi connectivity index (χ0v) is 12.0. The quantitative estimate of drug-likeness (QED) is 0.897. The summed E-state index contributed by atoms with van der Waals surface area (Å²) >= 11 is 0. The molecule has 2 aliphatic rings. The van der Waals surface area contributed by atoms with Gasteiger partial charge in [-0.25, -0.2) is 4.99 Å². The van der Waals surface area contributed by atoms with Crippen molar-refractivity contribution in [3.05, 3.63) is 29.8 Å². The van der Waals surface area contributed by atoms with Crippen LogP contribution < -0.4 is 11.1 Å². The summed E-state index contributed by atoms with van der Waals surface area (Å²) in [6.45, 7) is 0.486. The molecule has 1 aromatic carbocycles. The minimum Gasteiger partial charge on any atom is -0.463 e. The van der Waals surface area contributed by atoms with Crippen LogP contribution in [-0.2, 0) is 9.53 Å². The first kappa shape index (κ1) is 13.9. The fourth-order valence-electron chi connectivity index (χ4n) is 2.96. The molecule has 0 unspecified atom stereocenters. The lowest BCUT2D eigenvalue weighted by Crippen LogP contribution is -2.24. The number of benzene rings is 1. The molecule has 1 aromatic rings. The van der Waals surface area contributed by atoms with Crippen LogP contribution in [0.4, 0.5) is 5.69 Å². The molecule has 0 bridgehead atoms. The largest absolute Gasteiger partial charge is 0.463 e. The van der Waals surface area contributed by atoms with Crippen LogP contribution in [-0.4, -0.2) is 18.5 Å². The maximum Gasteiger partial charge on any atom is 0.282 e. The van der Waals surface area contributed by atoms with Gasteiger partial charge >= 0.3 is 0 Å². The third-order valence-electron chi connectivity index (χ3n) is 4.21. The van der Waals surface area contributed by atoms with Crippen molar-refractivity contribution in [2.24, 2.45) is 16.6 Å². The standard InChI is InChI=1S/C16H21N3O2/c17-16-19-14(10-21-16)11-6-8-13(9-7-11)18-15(20)12-4-2-1-3-5-12/h6-9,12,14H,1-5,10H2,(H2,17,19)(H,18,20)/t14-/m1/s1. The molecule has 1 aliphatic heterocycles. The van der Waals surface area contributed by atoms with Crippen LogP contribution in [0.15, 0.2) is 29.3 Å². The molecule has 1 atom stereocenters. The topological polar surface area (TPSA) is 76.7 Å². The molecule has 0 spiro atoms. The molecular weight excluding hydrogens is 266 g/mol. The predicted molar refractivity (Wildman–Crippen MR) is 82.0 cm³/mol. The third kappa shape index (κ3) is 3.35. The molecule has 21 heavy (non-hydrogen) atoms. The zero-order valence-electron chi connectivity index (χ0n) is 12.0. The van der Waals surface area contributed by atoms with E-state index in [0.717, 1.165) is 36.9 Å². The second kappa shape index (κ2) is 6.16. The van der Waals surface area contributed by atoms with E-state index in [-0.39, 0.29) is 23.9 Å². The maximum atomic E-state index is 12.2. The van der Waals surface area contributed by atoms with Gasteiger partial charge in [-0.15, -0.1) is 0 Å². The number of nitrogens with zero attached hydrogens (tertiary/aromatic N) is 1. The van der Waals surface area contributed by atoms with Crippen molar-refractivity contribution in [3.63, 3.8) is 0 Å². The minimum atomic E-state index is -0.0342. The summed E-state index contributed by atoms with van der Waals surface area (Å²) < 4.78 is 5.15. The first-order valence-corrected chi connectivity index (χ1v) is 7.59. The van der Waals surface area contributed by atoms with Crippen molar-refractivity contribution in [2.45, 2.75) is 38.1 Å². The van der Waals surface area contributed by atoms with Crippen LogP contribution in [0.5, 0.6) is 0 Å². The lowest BCUT2D eigenvalue weighted by molar-refractivity contribution is -0.120. The Morgan fingerprint density at radius 3 is 2.52 bits per heavy atom. The van der Waals surface area contributed by atoms with Gasteiger partial charge in [0, 0.05) is 11.6 Å². The molecule has 5 heteroatoms. The van der Waals surface area contributed by atoms with E-state index in [0.29, 0.717) is 6.61 Å². The van der Waals surface area contributed by atoms with E-state index in [1.54, 1.807) is 0 Å². The van der Waals surface area contributed by atoms with Gasteiger partial charge in [-0.05, 0) is 30.5 Å². The summed E-state index contributed by atoms with van der Waals surface area (Å²) in [5, 5.41) is 3.01. The Kier molecular flexibility index (Phi) is 4.08. The molecule has 1 aliphatic carbocycles. The highest BCUT2D eigenvalue weighted by Gasteiger charge is 2.21. The van der Waals surface area contributed by atoms with Gasteiger partial charge in [0.05, 0.1) is 0 Å². The molecule has 1 saturated carbocycles. The molecule has 1 heterocycles. The monoisotopic (exact) mass is 287 g/mol. The summed E-state index contributed by atoms with van der Waals surface area (Å²) in [7, 11) is 0. The molecule has 0 saturated heterocycles. The molecule has 0 radical (unpaired) electrons. The maximum absolute atomic E-state index is 12.2. The van der Waals surface area contributed by atoms with E-state index in [1.807, 2.05) is 24.3 Å². The second-order valence-corrected chi connectivity index (χ2v) is 5.74. The van der Waals surface area contributed by atoms with Crippen LogP contribution >= 0.6 is 0 Å². The number of ether oxygens (including phenoxy) is 1. The Balaban J connectivity index is 1.60. The third-order valence-corrected chi connectivity index (χ3v) is 4.21. The highest BCUT2D eigenvalue weighted by molar-refractivity contribution is 5.92. The fraction of sp³-hybridized carbons (Fsp3) is 0.500. The molecule has 112 valence electrons. The second-order valence-electron chi connectivity index (χ2n) is 5.74. The van der Waals surface area contributed by atoms with Crippen LogP contribution in [0.2, 0.25) is 0 Å². The summed E-state index contributed by atoms with van der Waals surface area (Å²) in [5.74, 6) is 0.319. The van der Waals surface area contributed by atoms with Crippen LogP contribution in [0.3, 0.4) is 0 Å². The van der Waals surface area contributed by atoms with Crippen molar-refractivity contribution in [1.29, 1.82) is 0 Å². The van der Waals surface area contributed by atoms with Gasteiger partial charge < -0.3 is 15.8 Å². The smallest absolute Gasteiger partial charge is 0.282 e. The van der Waals surface area contributed by atoms with E-state index in [4.69, 9.17) is 10.5 Å². The van der Waals surface area contributed by atoms with Gasteiger partial charge in [-0.2, -0.15) is 0 Å². The average molecular weight is 287 g/mol. The number of carbonyl (C=O) groups is 1. The molecule has 0 aromatic heterocycles. The van der Waals surface area contributed by atoms with Crippen molar-refractivity contribution in [3.8, 4) is 0 Å². The van der Waals surface area contributed by atoms with Crippen molar-refractivity contribution in [2.75, 3.05) is 11.9 Å². The lowest BCUT2D eigenvalue weighted by atomic mass is 9.88. The van der Waals surface area contributed by atoms with Crippen molar-refractivity contribution < 1.29 is 9.53 Å². The summed E-state index contributed by atoms with van der Waals surface area (Å²) in [6, 6.07) is 7.97.